The number of hydrogen-bond acceptors (Lipinski definition) is 5. The average Bonchev–Trinajstić information content (AvgIpc) is 3.15. The lowest BCUT2D eigenvalue weighted by Gasteiger charge is -2.11. The van der Waals surface area contributed by atoms with E-state index in [9.17, 15) is 8.78 Å². The summed E-state index contributed by atoms with van der Waals surface area (Å²) >= 11 is 0. The summed E-state index contributed by atoms with van der Waals surface area (Å²) in [5, 5.41) is 14.2. The van der Waals surface area contributed by atoms with Crippen LogP contribution < -0.4 is 10.6 Å². The van der Waals surface area contributed by atoms with E-state index in [-0.39, 0.29) is 6.54 Å². The van der Waals surface area contributed by atoms with Crippen LogP contribution in [-0.2, 0) is 13.0 Å². The molecular weight excluding hydrogens is 362 g/mol. The zero-order valence-electron chi connectivity index (χ0n) is 15.1. The van der Waals surface area contributed by atoms with Crippen LogP contribution in [0.3, 0.4) is 0 Å². The highest BCUT2D eigenvalue weighted by atomic mass is 19.1. The lowest BCUT2D eigenvalue weighted by atomic mass is 10.2. The molecule has 2 aromatic carbocycles. The van der Waals surface area contributed by atoms with E-state index in [1.165, 1.54) is 12.1 Å². The van der Waals surface area contributed by atoms with Crippen LogP contribution >= 0.6 is 0 Å². The molecule has 0 aliphatic carbocycles. The zero-order chi connectivity index (χ0) is 19.5. The largest absolute Gasteiger partial charge is 0.350 e. The molecule has 0 aliphatic rings. The lowest BCUT2D eigenvalue weighted by molar-refractivity contribution is 0.574. The van der Waals surface area contributed by atoms with Crippen molar-refractivity contribution >= 4 is 28.5 Å². The van der Waals surface area contributed by atoms with Crippen molar-refractivity contribution in [3.8, 4) is 0 Å². The zero-order valence-corrected chi connectivity index (χ0v) is 15.1. The lowest BCUT2D eigenvalue weighted by Crippen LogP contribution is -2.07. The molecule has 28 heavy (non-hydrogen) atoms. The Morgan fingerprint density at radius 1 is 1.04 bits per heavy atom. The van der Waals surface area contributed by atoms with E-state index in [2.05, 4.69) is 30.8 Å². The van der Waals surface area contributed by atoms with Crippen LogP contribution in [0.4, 0.5) is 26.4 Å². The molecule has 3 N–H and O–H groups in total. The summed E-state index contributed by atoms with van der Waals surface area (Å²) in [4.78, 5) is 8.98. The van der Waals surface area contributed by atoms with Crippen molar-refractivity contribution in [1.82, 2.24) is 20.2 Å². The Labute approximate surface area is 160 Å². The second kappa shape index (κ2) is 7.59. The molecule has 142 valence electrons. The molecule has 0 spiro atoms. The summed E-state index contributed by atoms with van der Waals surface area (Å²) in [6.07, 6.45) is 0.843. The first-order chi connectivity index (χ1) is 13.6. The van der Waals surface area contributed by atoms with Gasteiger partial charge in [-0.25, -0.2) is 13.8 Å². The molecule has 2 heterocycles. The van der Waals surface area contributed by atoms with Crippen molar-refractivity contribution in [3.05, 3.63) is 71.4 Å². The molecule has 0 atom stereocenters. The molecule has 8 heteroatoms. The Morgan fingerprint density at radius 3 is 2.68 bits per heavy atom. The summed E-state index contributed by atoms with van der Waals surface area (Å²) in [6, 6.07) is 12.9. The second-order valence-corrected chi connectivity index (χ2v) is 6.26. The Bertz CT molecular complexity index is 1120. The van der Waals surface area contributed by atoms with Gasteiger partial charge in [-0.3, -0.25) is 5.10 Å². The standard InChI is InChI=1S/C20H18F2N6/c1-2-14-10-18(28-27-14)25-19-15-5-3-4-6-17(15)24-20(26-19)23-11-12-7-8-13(21)9-16(12)22/h3-10H,2,11H2,1H3,(H3,23,24,25,26,27,28). The molecule has 0 saturated carbocycles. The molecule has 0 bridgehead atoms. The van der Waals surface area contributed by atoms with Gasteiger partial charge in [0.1, 0.15) is 17.5 Å². The van der Waals surface area contributed by atoms with Gasteiger partial charge in [-0.05, 0) is 24.6 Å². The van der Waals surface area contributed by atoms with Crippen molar-refractivity contribution < 1.29 is 8.78 Å². The molecule has 0 unspecified atom stereocenters. The molecule has 2 aromatic heterocycles. The fourth-order valence-corrected chi connectivity index (χ4v) is 2.82. The van der Waals surface area contributed by atoms with E-state index in [0.717, 1.165) is 29.1 Å². The molecule has 0 fully saturated rings. The van der Waals surface area contributed by atoms with Crippen molar-refractivity contribution in [1.29, 1.82) is 0 Å². The first-order valence-electron chi connectivity index (χ1n) is 8.88. The number of halogens is 2. The summed E-state index contributed by atoms with van der Waals surface area (Å²) in [6.45, 7) is 2.17. The number of nitrogens with one attached hydrogen (secondary N) is 3. The number of aromatic amines is 1. The Kier molecular flexibility index (Phi) is 4.84. The SMILES string of the molecule is CCc1cc(Nc2nc(NCc3ccc(F)cc3F)nc3ccccc23)n[nH]1. The van der Waals surface area contributed by atoms with Crippen molar-refractivity contribution in [2.24, 2.45) is 0 Å². The van der Waals surface area contributed by atoms with Crippen LogP contribution in [0.2, 0.25) is 0 Å². The van der Waals surface area contributed by atoms with Gasteiger partial charge in [0.15, 0.2) is 5.82 Å². The minimum absolute atomic E-state index is 0.131. The second-order valence-electron chi connectivity index (χ2n) is 6.26. The molecular formula is C20H18F2N6. The fraction of sp³-hybridized carbons (Fsp3) is 0.150. The Balaban J connectivity index is 1.63. The van der Waals surface area contributed by atoms with Gasteiger partial charge in [0.2, 0.25) is 5.95 Å². The number of aromatic nitrogens is 4. The predicted octanol–water partition coefficient (Wildman–Crippen LogP) is 4.55. The molecule has 6 nitrogen and oxygen atoms in total. The highest BCUT2D eigenvalue weighted by Gasteiger charge is 2.10. The van der Waals surface area contributed by atoms with Gasteiger partial charge in [-0.15, -0.1) is 0 Å². The molecule has 0 amide bonds. The van der Waals surface area contributed by atoms with Gasteiger partial charge in [0.05, 0.1) is 5.52 Å². The van der Waals surface area contributed by atoms with E-state index >= 15 is 0 Å². The minimum atomic E-state index is -0.616. The van der Waals surface area contributed by atoms with Crippen molar-refractivity contribution in [2.75, 3.05) is 10.6 Å². The van der Waals surface area contributed by atoms with Gasteiger partial charge in [0, 0.05) is 35.3 Å². The van der Waals surface area contributed by atoms with E-state index in [1.807, 2.05) is 37.3 Å². The van der Waals surface area contributed by atoms with E-state index in [1.54, 1.807) is 0 Å². The van der Waals surface area contributed by atoms with Crippen LogP contribution in [0.15, 0.2) is 48.5 Å². The van der Waals surface area contributed by atoms with Gasteiger partial charge >= 0.3 is 0 Å². The molecule has 0 aliphatic heterocycles. The third kappa shape index (κ3) is 3.75. The number of aryl methyl sites for hydroxylation is 1. The van der Waals surface area contributed by atoms with Crippen LogP contribution in [-0.4, -0.2) is 20.2 Å². The monoisotopic (exact) mass is 380 g/mol. The number of rotatable bonds is 6. The highest BCUT2D eigenvalue weighted by molar-refractivity contribution is 5.91. The number of para-hydroxylation sites is 1. The van der Waals surface area contributed by atoms with E-state index < -0.39 is 11.6 Å². The summed E-state index contributed by atoms with van der Waals surface area (Å²) < 4.78 is 26.9. The molecule has 0 saturated heterocycles. The first-order valence-corrected chi connectivity index (χ1v) is 8.88. The van der Waals surface area contributed by atoms with E-state index in [0.29, 0.717) is 23.1 Å². The van der Waals surface area contributed by atoms with Gasteiger partial charge < -0.3 is 10.6 Å². The van der Waals surface area contributed by atoms with Crippen LogP contribution in [0.1, 0.15) is 18.2 Å². The summed E-state index contributed by atoms with van der Waals surface area (Å²) in [7, 11) is 0. The summed E-state index contributed by atoms with van der Waals surface area (Å²) in [5.41, 5.74) is 2.06. The maximum Gasteiger partial charge on any atom is 0.225 e. The number of benzene rings is 2. The van der Waals surface area contributed by atoms with Gasteiger partial charge in [0.25, 0.3) is 0 Å². The molecule has 4 aromatic rings. The van der Waals surface area contributed by atoms with Crippen LogP contribution in [0.25, 0.3) is 10.9 Å². The van der Waals surface area contributed by atoms with Gasteiger partial charge in [-0.1, -0.05) is 25.1 Å². The number of anilines is 3. The quantitative estimate of drug-likeness (QED) is 0.457. The van der Waals surface area contributed by atoms with Crippen molar-refractivity contribution in [2.45, 2.75) is 19.9 Å². The smallest absolute Gasteiger partial charge is 0.225 e. The molecule has 4 rings (SSSR count). The Hall–Kier alpha value is -3.55. The third-order valence-electron chi connectivity index (χ3n) is 4.31. The minimum Gasteiger partial charge on any atom is -0.350 e. The maximum absolute atomic E-state index is 13.9. The van der Waals surface area contributed by atoms with Crippen LogP contribution in [0, 0.1) is 11.6 Å². The highest BCUT2D eigenvalue weighted by Crippen LogP contribution is 2.25. The maximum atomic E-state index is 13.9. The normalized spacial score (nSPS) is 11.0. The van der Waals surface area contributed by atoms with E-state index in [4.69, 9.17) is 0 Å². The Morgan fingerprint density at radius 2 is 1.89 bits per heavy atom. The first kappa shape index (κ1) is 17.8. The van der Waals surface area contributed by atoms with Crippen LogP contribution in [0.5, 0.6) is 0 Å². The number of H-pyrrole nitrogens is 1. The number of hydrogen-bond donors (Lipinski definition) is 3. The van der Waals surface area contributed by atoms with Crippen molar-refractivity contribution in [3.63, 3.8) is 0 Å². The predicted molar refractivity (Wildman–Crippen MR) is 104 cm³/mol. The topological polar surface area (TPSA) is 78.5 Å². The summed E-state index contributed by atoms with van der Waals surface area (Å²) in [5.74, 6) is 0.338. The fourth-order valence-electron chi connectivity index (χ4n) is 2.82. The third-order valence-corrected chi connectivity index (χ3v) is 4.31. The number of nitrogens with zero attached hydrogens (tertiary/aromatic N) is 3. The van der Waals surface area contributed by atoms with Gasteiger partial charge in [-0.2, -0.15) is 10.1 Å². The molecule has 0 radical (unpaired) electrons. The number of fused-ring (bicyclic) bond motifs is 1. The average molecular weight is 380 g/mol.